The fourth-order valence-electron chi connectivity index (χ4n) is 6.23. The second-order valence-corrected chi connectivity index (χ2v) is 12.8. The van der Waals surface area contributed by atoms with Gasteiger partial charge in [-0.3, -0.25) is 0 Å². The third-order valence-corrected chi connectivity index (χ3v) is 8.85. The molecule has 0 amide bonds. The number of ether oxygens (including phenoxy) is 3. The van der Waals surface area contributed by atoms with Gasteiger partial charge in [0.1, 0.15) is 11.6 Å². The summed E-state index contributed by atoms with van der Waals surface area (Å²) >= 11 is 0. The van der Waals surface area contributed by atoms with Gasteiger partial charge in [-0.2, -0.15) is 4.98 Å². The first kappa shape index (κ1) is 34.0. The molecule has 2 atom stereocenters. The van der Waals surface area contributed by atoms with E-state index >= 15 is 0 Å². The van der Waals surface area contributed by atoms with Crippen molar-refractivity contribution in [1.82, 2.24) is 25.6 Å². The van der Waals surface area contributed by atoms with E-state index in [1.165, 1.54) is 5.69 Å². The Balaban J connectivity index is 0.000000515. The minimum Gasteiger partial charge on any atom is -0.379 e. The van der Waals surface area contributed by atoms with Crippen molar-refractivity contribution < 1.29 is 18.5 Å². The van der Waals surface area contributed by atoms with Crippen LogP contribution in [-0.4, -0.2) is 98.9 Å². The molecule has 0 saturated carbocycles. The van der Waals surface area contributed by atoms with E-state index < -0.39 is 0 Å². The van der Waals surface area contributed by atoms with Gasteiger partial charge in [-0.15, -0.1) is 0 Å². The SMILES string of the molecule is C1COCCN1.CC1(C)C[C@H]2N(c3ccccn3)c3nc(Nc4ccc(N5CCOCC5)cc4)ncc3[C@@]2(C)CO1.CCNCC.[HH].[HH].[HH]. The van der Waals surface area contributed by atoms with Crippen molar-refractivity contribution in [1.29, 1.82) is 0 Å². The molecular weight excluding hydrogens is 580 g/mol. The largest absolute Gasteiger partial charge is 0.379 e. The second kappa shape index (κ2) is 16.0. The molecule has 1 aromatic carbocycles. The zero-order valence-electron chi connectivity index (χ0n) is 28.2. The minimum absolute atomic E-state index is 0. The number of rotatable bonds is 6. The van der Waals surface area contributed by atoms with Crippen LogP contribution in [0.25, 0.3) is 0 Å². The molecule has 3 saturated heterocycles. The number of anilines is 5. The number of pyridine rings is 1. The lowest BCUT2D eigenvalue weighted by Crippen LogP contribution is -2.54. The number of nitrogens with zero attached hydrogens (tertiary/aromatic N) is 5. The van der Waals surface area contributed by atoms with Crippen LogP contribution < -0.4 is 25.8 Å². The zero-order chi connectivity index (χ0) is 32.4. The van der Waals surface area contributed by atoms with Crippen LogP contribution in [0.5, 0.6) is 0 Å². The molecule has 11 nitrogen and oxygen atoms in total. The maximum Gasteiger partial charge on any atom is 0.229 e. The van der Waals surface area contributed by atoms with Crippen LogP contribution in [0.1, 0.15) is 50.9 Å². The lowest BCUT2D eigenvalue weighted by atomic mass is 9.73. The molecule has 0 radical (unpaired) electrons. The highest BCUT2D eigenvalue weighted by atomic mass is 16.5. The van der Waals surface area contributed by atoms with E-state index in [0.29, 0.717) is 12.6 Å². The summed E-state index contributed by atoms with van der Waals surface area (Å²) in [6, 6.07) is 14.6. The van der Waals surface area contributed by atoms with Gasteiger partial charge in [0.15, 0.2) is 0 Å². The fourth-order valence-corrected chi connectivity index (χ4v) is 6.23. The number of nitrogens with one attached hydrogen (secondary N) is 3. The van der Waals surface area contributed by atoms with Crippen LogP contribution in [0.15, 0.2) is 54.9 Å². The number of hydrogen-bond donors (Lipinski definition) is 3. The molecule has 46 heavy (non-hydrogen) atoms. The standard InChI is InChI=1S/C27H32N6O2.C4H9NO.C4H11N.3H2/c1-26(2)16-22-27(3,18-35-26)21-17-29-25(31-24(21)33(22)23-6-4-5-11-28-23)30-19-7-9-20(10-8-19)32-12-14-34-15-13-32;1-3-6-4-2-5-1;1-3-5-4-2;;;/h4-11,17,22H,12-16,18H2,1-3H3,(H,29,30,31);5H,1-4H2;5H,3-4H2,1-2H3;3*1H/t22-,27-;;;;;/m1...../s1. The number of fused-ring (bicyclic) bond motifs is 3. The molecule has 4 aliphatic rings. The van der Waals surface area contributed by atoms with Crippen molar-refractivity contribution in [2.45, 2.75) is 58.1 Å². The minimum atomic E-state index is -0.212. The van der Waals surface area contributed by atoms with Crippen LogP contribution >= 0.6 is 0 Å². The molecule has 0 unspecified atom stereocenters. The first-order valence-electron chi connectivity index (χ1n) is 16.8. The Morgan fingerprint density at radius 3 is 2.24 bits per heavy atom. The summed E-state index contributed by atoms with van der Waals surface area (Å²) in [4.78, 5) is 19.0. The first-order chi connectivity index (χ1) is 22.3. The van der Waals surface area contributed by atoms with Crippen molar-refractivity contribution in [2.75, 3.05) is 87.4 Å². The summed E-state index contributed by atoms with van der Waals surface area (Å²) in [5.41, 5.74) is 2.85. The van der Waals surface area contributed by atoms with Crippen LogP contribution in [-0.2, 0) is 19.6 Å². The molecule has 256 valence electrons. The van der Waals surface area contributed by atoms with Gasteiger partial charge in [0.2, 0.25) is 5.95 Å². The molecule has 0 bridgehead atoms. The van der Waals surface area contributed by atoms with E-state index in [9.17, 15) is 0 Å². The van der Waals surface area contributed by atoms with Crippen molar-refractivity contribution in [3.63, 3.8) is 0 Å². The molecule has 0 spiro atoms. The number of benzene rings is 1. The summed E-state index contributed by atoms with van der Waals surface area (Å²) < 4.78 is 16.8. The Labute approximate surface area is 278 Å². The van der Waals surface area contributed by atoms with E-state index in [0.717, 1.165) is 95.0 Å². The monoisotopic (exact) mass is 638 g/mol. The maximum atomic E-state index is 6.28. The third-order valence-electron chi connectivity index (χ3n) is 8.85. The molecule has 0 aliphatic carbocycles. The maximum absolute atomic E-state index is 6.28. The topological polar surface area (TPSA) is 109 Å². The van der Waals surface area contributed by atoms with E-state index in [1.807, 2.05) is 24.5 Å². The van der Waals surface area contributed by atoms with Crippen LogP contribution in [0.4, 0.5) is 29.0 Å². The van der Waals surface area contributed by atoms with Gasteiger partial charge in [0.25, 0.3) is 0 Å². The molecule has 4 aliphatic heterocycles. The molecule has 3 N–H and O–H groups in total. The van der Waals surface area contributed by atoms with Gasteiger partial charge in [-0.25, -0.2) is 9.97 Å². The lowest BCUT2D eigenvalue weighted by Gasteiger charge is -2.46. The van der Waals surface area contributed by atoms with Gasteiger partial charge < -0.3 is 40.0 Å². The summed E-state index contributed by atoms with van der Waals surface area (Å²) in [5, 5.41) is 9.67. The fraction of sp³-hybridized carbons (Fsp3) is 0.571. The number of hydrogen-bond acceptors (Lipinski definition) is 11. The van der Waals surface area contributed by atoms with Crippen molar-refractivity contribution in [3.05, 3.63) is 60.4 Å². The smallest absolute Gasteiger partial charge is 0.229 e. The lowest BCUT2D eigenvalue weighted by molar-refractivity contribution is -0.0893. The van der Waals surface area contributed by atoms with Crippen molar-refractivity contribution in [3.8, 4) is 0 Å². The number of aromatic nitrogens is 3. The Hall–Kier alpha value is -3.35. The summed E-state index contributed by atoms with van der Waals surface area (Å²) in [5.74, 6) is 2.38. The predicted molar refractivity (Wildman–Crippen MR) is 191 cm³/mol. The first-order valence-corrected chi connectivity index (χ1v) is 16.8. The quantitative estimate of drug-likeness (QED) is 0.324. The van der Waals surface area contributed by atoms with Gasteiger partial charge in [-0.05, 0) is 69.8 Å². The van der Waals surface area contributed by atoms with Gasteiger partial charge in [-0.1, -0.05) is 26.8 Å². The molecule has 6 heterocycles. The van der Waals surface area contributed by atoms with Gasteiger partial charge in [0, 0.05) is 65.2 Å². The van der Waals surface area contributed by atoms with Crippen molar-refractivity contribution >= 4 is 29.0 Å². The highest BCUT2D eigenvalue weighted by molar-refractivity contribution is 5.71. The molecule has 2 aromatic heterocycles. The van der Waals surface area contributed by atoms with E-state index in [4.69, 9.17) is 24.2 Å². The summed E-state index contributed by atoms with van der Waals surface area (Å²) in [6.07, 6.45) is 4.68. The van der Waals surface area contributed by atoms with Crippen molar-refractivity contribution in [2.24, 2.45) is 0 Å². The molecule has 11 heteroatoms. The zero-order valence-corrected chi connectivity index (χ0v) is 28.2. The average Bonchev–Trinajstić information content (AvgIpc) is 3.34. The van der Waals surface area contributed by atoms with E-state index in [-0.39, 0.29) is 21.3 Å². The van der Waals surface area contributed by atoms with Crippen LogP contribution in [0.2, 0.25) is 0 Å². The second-order valence-electron chi connectivity index (χ2n) is 12.8. The predicted octanol–water partition coefficient (Wildman–Crippen LogP) is 5.39. The normalized spacial score (nSPS) is 23.2. The van der Waals surface area contributed by atoms with Gasteiger partial charge >= 0.3 is 0 Å². The Kier molecular flexibility index (Phi) is 11.8. The van der Waals surface area contributed by atoms with Crippen LogP contribution in [0.3, 0.4) is 0 Å². The molecule has 3 fully saturated rings. The van der Waals surface area contributed by atoms with E-state index in [2.05, 4.69) is 95.7 Å². The average molecular weight is 639 g/mol. The van der Waals surface area contributed by atoms with Gasteiger partial charge in [0.05, 0.1) is 44.7 Å². The van der Waals surface area contributed by atoms with Crippen LogP contribution in [0, 0.1) is 0 Å². The Morgan fingerprint density at radius 2 is 1.65 bits per heavy atom. The molecular formula is C35H58N8O3. The molecule has 7 rings (SSSR count). The molecule has 3 aromatic rings. The Morgan fingerprint density at radius 1 is 0.935 bits per heavy atom. The summed E-state index contributed by atoms with van der Waals surface area (Å²) in [6.45, 7) is 20.8. The van der Waals surface area contributed by atoms with E-state index in [1.54, 1.807) is 0 Å². The third kappa shape index (κ3) is 8.32. The number of morpholine rings is 2. The summed E-state index contributed by atoms with van der Waals surface area (Å²) in [7, 11) is 0. The highest BCUT2D eigenvalue weighted by Gasteiger charge is 2.55. The highest BCUT2D eigenvalue weighted by Crippen LogP contribution is 2.52. The Bertz CT molecular complexity index is 1350.